The van der Waals surface area contributed by atoms with Gasteiger partial charge < -0.3 is 5.11 Å². The van der Waals surface area contributed by atoms with Gasteiger partial charge in [0, 0.05) is 22.5 Å². The maximum Gasteiger partial charge on any atom is 0.337 e. The molecule has 0 aliphatic rings. The molecule has 0 saturated heterocycles. The van der Waals surface area contributed by atoms with Gasteiger partial charge in [-0.1, -0.05) is 11.6 Å². The number of benzene rings is 1. The fourth-order valence-corrected chi connectivity index (χ4v) is 2.24. The SMILES string of the molecule is Cc1cc(=O)n(-c2ccc(Cl)cc2)c(C)c1C(=O)O. The number of aromatic carboxylic acids is 1. The Kier molecular flexibility index (Phi) is 3.44. The first kappa shape index (κ1) is 13.4. The average molecular weight is 278 g/mol. The molecule has 0 amide bonds. The summed E-state index contributed by atoms with van der Waals surface area (Å²) < 4.78 is 1.37. The topological polar surface area (TPSA) is 59.3 Å². The van der Waals surface area contributed by atoms with Gasteiger partial charge in [-0.2, -0.15) is 0 Å². The van der Waals surface area contributed by atoms with Crippen molar-refractivity contribution in [1.82, 2.24) is 4.57 Å². The number of carboxylic acid groups (broad SMARTS) is 1. The van der Waals surface area contributed by atoms with E-state index in [2.05, 4.69) is 0 Å². The van der Waals surface area contributed by atoms with E-state index < -0.39 is 5.97 Å². The van der Waals surface area contributed by atoms with Crippen molar-refractivity contribution in [3.63, 3.8) is 0 Å². The van der Waals surface area contributed by atoms with Crippen molar-refractivity contribution in [2.24, 2.45) is 0 Å². The Hall–Kier alpha value is -2.07. The lowest BCUT2D eigenvalue weighted by Gasteiger charge is -2.14. The number of carboxylic acids is 1. The van der Waals surface area contributed by atoms with Gasteiger partial charge in [-0.3, -0.25) is 9.36 Å². The zero-order chi connectivity index (χ0) is 14.2. The zero-order valence-electron chi connectivity index (χ0n) is 10.5. The second-order valence-electron chi connectivity index (χ2n) is 4.24. The number of halogens is 1. The van der Waals surface area contributed by atoms with Crippen molar-refractivity contribution >= 4 is 17.6 Å². The Balaban J connectivity index is 2.77. The van der Waals surface area contributed by atoms with Crippen LogP contribution in [-0.2, 0) is 0 Å². The molecule has 0 saturated carbocycles. The maximum atomic E-state index is 12.1. The molecule has 0 atom stereocenters. The molecule has 1 heterocycles. The first-order chi connectivity index (χ1) is 8.91. The fourth-order valence-electron chi connectivity index (χ4n) is 2.12. The lowest BCUT2D eigenvalue weighted by Crippen LogP contribution is -2.24. The van der Waals surface area contributed by atoms with Gasteiger partial charge in [-0.05, 0) is 43.7 Å². The van der Waals surface area contributed by atoms with Gasteiger partial charge in [0.2, 0.25) is 0 Å². The normalized spacial score (nSPS) is 10.5. The predicted octanol–water partition coefficient (Wildman–Crippen LogP) is 2.81. The third-order valence-corrected chi connectivity index (χ3v) is 3.20. The first-order valence-corrected chi connectivity index (χ1v) is 6.02. The highest BCUT2D eigenvalue weighted by Crippen LogP contribution is 2.17. The number of hydrogen-bond donors (Lipinski definition) is 1. The summed E-state index contributed by atoms with van der Waals surface area (Å²) in [7, 11) is 0. The Morgan fingerprint density at radius 2 is 1.79 bits per heavy atom. The van der Waals surface area contributed by atoms with Gasteiger partial charge in [-0.25, -0.2) is 4.79 Å². The van der Waals surface area contributed by atoms with Gasteiger partial charge in [0.25, 0.3) is 5.56 Å². The van der Waals surface area contributed by atoms with Crippen molar-refractivity contribution in [1.29, 1.82) is 0 Å². The summed E-state index contributed by atoms with van der Waals surface area (Å²) in [5.74, 6) is -1.04. The molecule has 2 rings (SSSR count). The van der Waals surface area contributed by atoms with E-state index in [0.717, 1.165) is 0 Å². The van der Waals surface area contributed by atoms with Crippen LogP contribution < -0.4 is 5.56 Å². The smallest absolute Gasteiger partial charge is 0.337 e. The second kappa shape index (κ2) is 4.90. The highest BCUT2D eigenvalue weighted by molar-refractivity contribution is 6.30. The van der Waals surface area contributed by atoms with Crippen molar-refractivity contribution in [2.75, 3.05) is 0 Å². The van der Waals surface area contributed by atoms with E-state index in [9.17, 15) is 14.7 Å². The monoisotopic (exact) mass is 277 g/mol. The number of hydrogen-bond acceptors (Lipinski definition) is 2. The molecular formula is C14H12ClNO3. The van der Waals surface area contributed by atoms with Crippen molar-refractivity contribution in [3.8, 4) is 5.69 Å². The summed E-state index contributed by atoms with van der Waals surface area (Å²) in [5, 5.41) is 9.77. The molecule has 5 heteroatoms. The van der Waals surface area contributed by atoms with Crippen LogP contribution in [0.25, 0.3) is 5.69 Å². The lowest BCUT2D eigenvalue weighted by atomic mass is 10.1. The molecule has 1 N–H and O–H groups in total. The molecule has 98 valence electrons. The van der Waals surface area contributed by atoms with E-state index in [-0.39, 0.29) is 11.1 Å². The number of aromatic nitrogens is 1. The minimum absolute atomic E-state index is 0.148. The van der Waals surface area contributed by atoms with Crippen LogP contribution in [-0.4, -0.2) is 15.6 Å². The molecule has 19 heavy (non-hydrogen) atoms. The molecule has 0 fully saturated rings. The Labute approximate surface area is 114 Å². The zero-order valence-corrected chi connectivity index (χ0v) is 11.2. The molecule has 0 aliphatic carbocycles. The molecule has 0 spiro atoms. The first-order valence-electron chi connectivity index (χ1n) is 5.64. The third kappa shape index (κ3) is 2.39. The molecule has 1 aromatic carbocycles. The minimum atomic E-state index is -1.04. The summed E-state index contributed by atoms with van der Waals surface area (Å²) in [6.45, 7) is 3.23. The lowest BCUT2D eigenvalue weighted by molar-refractivity contribution is 0.0694. The summed E-state index contributed by atoms with van der Waals surface area (Å²) in [4.78, 5) is 23.3. The summed E-state index contributed by atoms with van der Waals surface area (Å²) in [5.41, 5.74) is 1.34. The van der Waals surface area contributed by atoms with Crippen molar-refractivity contribution in [2.45, 2.75) is 13.8 Å². The van der Waals surface area contributed by atoms with Crippen LogP contribution in [0.5, 0.6) is 0 Å². The molecule has 0 unspecified atom stereocenters. The van der Waals surface area contributed by atoms with E-state index in [1.54, 1.807) is 38.1 Å². The largest absolute Gasteiger partial charge is 0.478 e. The van der Waals surface area contributed by atoms with Crippen LogP contribution in [0, 0.1) is 13.8 Å². The van der Waals surface area contributed by atoms with E-state index in [4.69, 9.17) is 11.6 Å². The maximum absolute atomic E-state index is 12.1. The number of pyridine rings is 1. The van der Waals surface area contributed by atoms with Crippen LogP contribution in [0.15, 0.2) is 35.1 Å². The van der Waals surface area contributed by atoms with Gasteiger partial charge in [0.15, 0.2) is 0 Å². The van der Waals surface area contributed by atoms with Gasteiger partial charge in [0.05, 0.1) is 5.56 Å². The predicted molar refractivity (Wildman–Crippen MR) is 73.5 cm³/mol. The Bertz CT molecular complexity index is 702. The molecule has 2 aromatic rings. The van der Waals surface area contributed by atoms with E-state index in [0.29, 0.717) is 22.0 Å². The summed E-state index contributed by atoms with van der Waals surface area (Å²) >= 11 is 5.80. The van der Waals surface area contributed by atoms with Crippen molar-refractivity contribution < 1.29 is 9.90 Å². The van der Waals surface area contributed by atoms with E-state index in [1.807, 2.05) is 0 Å². The van der Waals surface area contributed by atoms with Gasteiger partial charge in [-0.15, -0.1) is 0 Å². The summed E-state index contributed by atoms with van der Waals surface area (Å²) in [6, 6.07) is 7.99. The standard InChI is InChI=1S/C14H12ClNO3/c1-8-7-12(17)16(9(2)13(8)14(18)19)11-5-3-10(15)4-6-11/h3-7H,1-2H3,(H,18,19). The number of aryl methyl sites for hydroxylation is 1. The van der Waals surface area contributed by atoms with Gasteiger partial charge >= 0.3 is 5.97 Å². The highest BCUT2D eigenvalue weighted by atomic mass is 35.5. The number of rotatable bonds is 2. The highest BCUT2D eigenvalue weighted by Gasteiger charge is 2.16. The van der Waals surface area contributed by atoms with Crippen LogP contribution >= 0.6 is 11.6 Å². The molecule has 0 aliphatic heterocycles. The van der Waals surface area contributed by atoms with Crippen LogP contribution in [0.2, 0.25) is 5.02 Å². The molecule has 0 radical (unpaired) electrons. The van der Waals surface area contributed by atoms with Crippen LogP contribution in [0.4, 0.5) is 0 Å². The number of carbonyl (C=O) groups is 1. The molecule has 4 nitrogen and oxygen atoms in total. The van der Waals surface area contributed by atoms with E-state index in [1.165, 1.54) is 10.6 Å². The molecule has 0 bridgehead atoms. The molecular weight excluding hydrogens is 266 g/mol. The Morgan fingerprint density at radius 3 is 2.32 bits per heavy atom. The summed E-state index contributed by atoms with van der Waals surface area (Å²) in [6.07, 6.45) is 0. The minimum Gasteiger partial charge on any atom is -0.478 e. The number of nitrogens with zero attached hydrogens (tertiary/aromatic N) is 1. The van der Waals surface area contributed by atoms with E-state index >= 15 is 0 Å². The quantitative estimate of drug-likeness (QED) is 0.918. The van der Waals surface area contributed by atoms with Crippen LogP contribution in [0.3, 0.4) is 0 Å². The molecule has 1 aromatic heterocycles. The third-order valence-electron chi connectivity index (χ3n) is 2.95. The van der Waals surface area contributed by atoms with Crippen LogP contribution in [0.1, 0.15) is 21.6 Å². The average Bonchev–Trinajstić information content (AvgIpc) is 2.30. The second-order valence-corrected chi connectivity index (χ2v) is 4.68. The van der Waals surface area contributed by atoms with Crippen molar-refractivity contribution in [3.05, 3.63) is 62.5 Å². The van der Waals surface area contributed by atoms with Gasteiger partial charge in [0.1, 0.15) is 0 Å². The Morgan fingerprint density at radius 1 is 1.21 bits per heavy atom. The fraction of sp³-hybridized carbons (Fsp3) is 0.143.